The van der Waals surface area contributed by atoms with Gasteiger partial charge in [-0.2, -0.15) is 0 Å². The van der Waals surface area contributed by atoms with E-state index in [2.05, 4.69) is 0 Å². The van der Waals surface area contributed by atoms with Gasteiger partial charge in [0.05, 0.1) is 26.0 Å². The van der Waals surface area contributed by atoms with Crippen LogP contribution in [0.4, 0.5) is 0 Å². The maximum atomic E-state index is 12.8. The van der Waals surface area contributed by atoms with Crippen molar-refractivity contribution < 1.29 is 18.7 Å². The molecule has 2 aromatic rings. The molecule has 1 aliphatic rings. The zero-order chi connectivity index (χ0) is 15.4. The summed E-state index contributed by atoms with van der Waals surface area (Å²) in [7, 11) is 1.63. The number of benzene rings is 1. The van der Waals surface area contributed by atoms with Crippen LogP contribution in [0.1, 0.15) is 21.7 Å². The molecule has 116 valence electrons. The fourth-order valence-electron chi connectivity index (χ4n) is 2.55. The lowest BCUT2D eigenvalue weighted by Crippen LogP contribution is -2.33. The van der Waals surface area contributed by atoms with Crippen LogP contribution >= 0.6 is 0 Å². The van der Waals surface area contributed by atoms with E-state index >= 15 is 0 Å². The number of nitrogens with zero attached hydrogens (tertiary/aromatic N) is 1. The van der Waals surface area contributed by atoms with Gasteiger partial charge in [0.2, 0.25) is 0 Å². The first-order valence-corrected chi connectivity index (χ1v) is 7.34. The Morgan fingerprint density at radius 3 is 3.05 bits per heavy atom. The summed E-state index contributed by atoms with van der Waals surface area (Å²) in [6.07, 6.45) is 2.47. The number of methoxy groups -OCH3 is 1. The second-order valence-electron chi connectivity index (χ2n) is 5.22. The molecule has 0 fully saturated rings. The Bertz CT molecular complexity index is 636. The van der Waals surface area contributed by atoms with Crippen LogP contribution in [0.3, 0.4) is 0 Å². The minimum atomic E-state index is -0.0249. The van der Waals surface area contributed by atoms with Crippen molar-refractivity contribution in [3.8, 4) is 5.75 Å². The third-order valence-electron chi connectivity index (χ3n) is 3.72. The van der Waals surface area contributed by atoms with E-state index < -0.39 is 0 Å². The lowest BCUT2D eigenvalue weighted by Gasteiger charge is -2.21. The van der Waals surface area contributed by atoms with Gasteiger partial charge >= 0.3 is 0 Å². The first-order chi connectivity index (χ1) is 10.8. The van der Waals surface area contributed by atoms with Crippen LogP contribution in [0.5, 0.6) is 5.75 Å². The van der Waals surface area contributed by atoms with E-state index in [1.165, 1.54) is 0 Å². The topological polar surface area (TPSA) is 51.9 Å². The molecule has 3 rings (SSSR count). The van der Waals surface area contributed by atoms with E-state index in [1.807, 2.05) is 30.3 Å². The molecule has 5 nitrogen and oxygen atoms in total. The van der Waals surface area contributed by atoms with E-state index in [1.54, 1.807) is 18.3 Å². The zero-order valence-electron chi connectivity index (χ0n) is 12.6. The molecule has 0 unspecified atom stereocenters. The van der Waals surface area contributed by atoms with Crippen molar-refractivity contribution in [2.24, 2.45) is 0 Å². The predicted octanol–water partition coefficient (Wildman–Crippen LogP) is 2.50. The molecule has 2 heterocycles. The van der Waals surface area contributed by atoms with Gasteiger partial charge in [-0.15, -0.1) is 0 Å². The number of hydrogen-bond donors (Lipinski definition) is 0. The number of fused-ring (bicyclic) bond motifs is 1. The van der Waals surface area contributed by atoms with E-state index in [9.17, 15) is 4.79 Å². The largest absolute Gasteiger partial charge is 0.493 e. The van der Waals surface area contributed by atoms with Gasteiger partial charge < -0.3 is 18.8 Å². The van der Waals surface area contributed by atoms with E-state index in [4.69, 9.17) is 13.9 Å². The fourth-order valence-corrected chi connectivity index (χ4v) is 2.55. The highest BCUT2D eigenvalue weighted by Gasteiger charge is 2.20. The fraction of sp³-hybridized carbons (Fsp3) is 0.353. The van der Waals surface area contributed by atoms with Crippen LogP contribution in [-0.4, -0.2) is 37.7 Å². The molecule has 1 aliphatic heterocycles. The molecule has 0 saturated carbocycles. The molecule has 5 heteroatoms. The molecule has 0 spiro atoms. The Kier molecular flexibility index (Phi) is 4.44. The number of ether oxygens (including phenoxy) is 2. The number of amides is 1. The van der Waals surface area contributed by atoms with Crippen molar-refractivity contribution in [2.45, 2.75) is 13.0 Å². The van der Waals surface area contributed by atoms with Gasteiger partial charge in [0.15, 0.2) is 0 Å². The second-order valence-corrected chi connectivity index (χ2v) is 5.22. The molecule has 0 aliphatic carbocycles. The summed E-state index contributed by atoms with van der Waals surface area (Å²) in [5, 5.41) is 0. The second kappa shape index (κ2) is 6.66. The monoisotopic (exact) mass is 301 g/mol. The maximum Gasteiger partial charge on any atom is 0.254 e. The molecular formula is C17H19NO4. The lowest BCUT2D eigenvalue weighted by atomic mass is 10.1. The summed E-state index contributed by atoms with van der Waals surface area (Å²) in [5.74, 6) is 1.61. The summed E-state index contributed by atoms with van der Waals surface area (Å²) < 4.78 is 15.9. The number of rotatable bonds is 6. The Morgan fingerprint density at radius 1 is 1.36 bits per heavy atom. The average Bonchev–Trinajstić information content (AvgIpc) is 3.21. The molecule has 22 heavy (non-hydrogen) atoms. The molecule has 0 atom stereocenters. The van der Waals surface area contributed by atoms with Crippen molar-refractivity contribution in [1.82, 2.24) is 4.90 Å². The third kappa shape index (κ3) is 3.14. The van der Waals surface area contributed by atoms with Crippen molar-refractivity contribution >= 4 is 5.91 Å². The Hall–Kier alpha value is -2.27. The summed E-state index contributed by atoms with van der Waals surface area (Å²) in [5.41, 5.74) is 1.77. The van der Waals surface area contributed by atoms with Gasteiger partial charge in [0.1, 0.15) is 11.5 Å². The standard InChI is InChI=1S/C17H19NO4/c1-20-10-7-18(12-15-3-2-8-21-15)17(19)14-4-5-16-13(11-14)6-9-22-16/h2-5,8,11H,6-7,9-10,12H2,1H3. The number of carbonyl (C=O) groups excluding carboxylic acids is 1. The van der Waals surface area contributed by atoms with Crippen LogP contribution in [0, 0.1) is 0 Å². The lowest BCUT2D eigenvalue weighted by molar-refractivity contribution is 0.0666. The molecule has 1 aromatic carbocycles. The molecule has 1 aromatic heterocycles. The molecular weight excluding hydrogens is 282 g/mol. The summed E-state index contributed by atoms with van der Waals surface area (Å²) >= 11 is 0. The number of furan rings is 1. The van der Waals surface area contributed by atoms with Crippen molar-refractivity contribution in [2.75, 3.05) is 26.9 Å². The highest BCUT2D eigenvalue weighted by molar-refractivity contribution is 5.94. The summed E-state index contributed by atoms with van der Waals surface area (Å²) in [6.45, 7) is 2.12. The Morgan fingerprint density at radius 2 is 2.27 bits per heavy atom. The van der Waals surface area contributed by atoms with Crippen LogP contribution in [0.2, 0.25) is 0 Å². The minimum Gasteiger partial charge on any atom is -0.493 e. The smallest absolute Gasteiger partial charge is 0.254 e. The van der Waals surface area contributed by atoms with Gasteiger partial charge in [-0.25, -0.2) is 0 Å². The summed E-state index contributed by atoms with van der Waals surface area (Å²) in [6, 6.07) is 9.29. The molecule has 0 bridgehead atoms. The molecule has 0 saturated heterocycles. The number of hydrogen-bond acceptors (Lipinski definition) is 4. The minimum absolute atomic E-state index is 0.0249. The van der Waals surface area contributed by atoms with Gasteiger partial charge in [0, 0.05) is 25.6 Å². The highest BCUT2D eigenvalue weighted by atomic mass is 16.5. The first-order valence-electron chi connectivity index (χ1n) is 7.34. The van der Waals surface area contributed by atoms with Gasteiger partial charge in [-0.05, 0) is 35.9 Å². The third-order valence-corrected chi connectivity index (χ3v) is 3.72. The summed E-state index contributed by atoms with van der Waals surface area (Å²) in [4.78, 5) is 14.5. The maximum absolute atomic E-state index is 12.8. The van der Waals surface area contributed by atoms with Crippen molar-refractivity contribution in [3.05, 3.63) is 53.5 Å². The van der Waals surface area contributed by atoms with Gasteiger partial charge in [-0.3, -0.25) is 4.79 Å². The van der Waals surface area contributed by atoms with Crippen molar-refractivity contribution in [3.63, 3.8) is 0 Å². The SMILES string of the molecule is COCCN(Cc1ccco1)C(=O)c1ccc2c(c1)CCO2. The van der Waals surface area contributed by atoms with Crippen LogP contribution in [-0.2, 0) is 17.7 Å². The van der Waals surface area contributed by atoms with E-state index in [0.29, 0.717) is 31.9 Å². The van der Waals surface area contributed by atoms with E-state index in [-0.39, 0.29) is 5.91 Å². The Labute approximate surface area is 129 Å². The molecule has 1 amide bonds. The molecule has 0 radical (unpaired) electrons. The zero-order valence-corrected chi connectivity index (χ0v) is 12.6. The number of carbonyl (C=O) groups is 1. The van der Waals surface area contributed by atoms with Gasteiger partial charge in [0.25, 0.3) is 5.91 Å². The molecule has 0 N–H and O–H groups in total. The van der Waals surface area contributed by atoms with E-state index in [0.717, 1.165) is 23.5 Å². The Balaban J connectivity index is 1.78. The normalized spacial score (nSPS) is 12.8. The van der Waals surface area contributed by atoms with Gasteiger partial charge in [-0.1, -0.05) is 0 Å². The van der Waals surface area contributed by atoms with Crippen LogP contribution in [0.25, 0.3) is 0 Å². The van der Waals surface area contributed by atoms with Crippen LogP contribution < -0.4 is 4.74 Å². The predicted molar refractivity (Wildman–Crippen MR) is 81.0 cm³/mol. The highest BCUT2D eigenvalue weighted by Crippen LogP contribution is 2.26. The first kappa shape index (κ1) is 14.7. The average molecular weight is 301 g/mol. The van der Waals surface area contributed by atoms with Crippen LogP contribution in [0.15, 0.2) is 41.0 Å². The quantitative estimate of drug-likeness (QED) is 0.822. The van der Waals surface area contributed by atoms with Crippen molar-refractivity contribution in [1.29, 1.82) is 0 Å².